The molecule has 6 heteroatoms. The van der Waals surface area contributed by atoms with Crippen molar-refractivity contribution in [2.75, 3.05) is 33.9 Å². The third-order valence-electron chi connectivity index (χ3n) is 4.91. The van der Waals surface area contributed by atoms with Gasteiger partial charge in [0.15, 0.2) is 5.96 Å². The Morgan fingerprint density at radius 3 is 2.85 bits per heavy atom. The van der Waals surface area contributed by atoms with Crippen LogP contribution in [0.3, 0.4) is 0 Å². The van der Waals surface area contributed by atoms with Gasteiger partial charge in [0.2, 0.25) is 5.88 Å². The number of rotatable bonds is 9. The fourth-order valence-corrected chi connectivity index (χ4v) is 3.45. The summed E-state index contributed by atoms with van der Waals surface area (Å²) in [6, 6.07) is 3.89. The molecule has 2 atom stereocenters. The normalized spacial score (nSPS) is 20.7. The number of ether oxygens (including phenoxy) is 2. The van der Waals surface area contributed by atoms with E-state index in [1.165, 1.54) is 32.1 Å². The highest BCUT2D eigenvalue weighted by Crippen LogP contribution is 2.30. The molecular weight excluding hydrogens is 328 g/mol. The van der Waals surface area contributed by atoms with Gasteiger partial charge in [-0.2, -0.15) is 0 Å². The maximum Gasteiger partial charge on any atom is 0.213 e. The lowest BCUT2D eigenvalue weighted by Gasteiger charge is -2.26. The molecule has 0 spiro atoms. The van der Waals surface area contributed by atoms with Crippen molar-refractivity contribution in [2.45, 2.75) is 45.6 Å². The van der Waals surface area contributed by atoms with Gasteiger partial charge in [0, 0.05) is 39.5 Å². The number of nitrogens with zero attached hydrogens (tertiary/aromatic N) is 2. The van der Waals surface area contributed by atoms with Crippen LogP contribution >= 0.6 is 0 Å². The lowest BCUT2D eigenvalue weighted by Crippen LogP contribution is -2.38. The molecule has 0 amide bonds. The van der Waals surface area contributed by atoms with Crippen LogP contribution in [0.15, 0.2) is 23.3 Å². The first-order chi connectivity index (χ1) is 12.7. The number of hydrogen-bond donors (Lipinski definition) is 2. The Labute approximate surface area is 157 Å². The van der Waals surface area contributed by atoms with E-state index in [4.69, 9.17) is 9.47 Å². The summed E-state index contributed by atoms with van der Waals surface area (Å²) in [5.41, 5.74) is 1.09. The molecule has 1 saturated carbocycles. The molecule has 146 valence electrons. The fourth-order valence-electron chi connectivity index (χ4n) is 3.45. The quantitative estimate of drug-likeness (QED) is 0.402. The standard InChI is InChI=1S/C20H34N4O2/c1-16-5-4-6-17(13-16)9-10-22-20(21-2)24-15-18-7-8-19(23-14-18)26-12-11-25-3/h7-8,14,16-17H,4-6,9-13,15H2,1-3H3,(H2,21,22,24). The highest BCUT2D eigenvalue weighted by Gasteiger charge is 2.18. The average molecular weight is 363 g/mol. The van der Waals surface area contributed by atoms with Crippen LogP contribution in [-0.2, 0) is 11.3 Å². The van der Waals surface area contributed by atoms with E-state index in [0.29, 0.717) is 25.6 Å². The SMILES string of the molecule is CN=C(NCCC1CCCC(C)C1)NCc1ccc(OCCOC)nc1. The van der Waals surface area contributed by atoms with Crippen molar-refractivity contribution in [3.63, 3.8) is 0 Å². The Balaban J connectivity index is 1.66. The fraction of sp³-hybridized carbons (Fsp3) is 0.700. The van der Waals surface area contributed by atoms with Crippen LogP contribution in [0, 0.1) is 11.8 Å². The molecule has 1 fully saturated rings. The van der Waals surface area contributed by atoms with Gasteiger partial charge in [-0.3, -0.25) is 4.99 Å². The number of aromatic nitrogens is 1. The van der Waals surface area contributed by atoms with Gasteiger partial charge in [-0.15, -0.1) is 0 Å². The first-order valence-electron chi connectivity index (χ1n) is 9.72. The van der Waals surface area contributed by atoms with Crippen molar-refractivity contribution < 1.29 is 9.47 Å². The molecule has 1 aliphatic carbocycles. The highest BCUT2D eigenvalue weighted by molar-refractivity contribution is 5.79. The molecule has 6 nitrogen and oxygen atoms in total. The Kier molecular flexibility index (Phi) is 9.24. The van der Waals surface area contributed by atoms with Crippen LogP contribution in [0.2, 0.25) is 0 Å². The lowest BCUT2D eigenvalue weighted by atomic mass is 9.81. The molecule has 2 N–H and O–H groups in total. The monoisotopic (exact) mass is 362 g/mol. The van der Waals surface area contributed by atoms with E-state index in [-0.39, 0.29) is 0 Å². The maximum absolute atomic E-state index is 5.47. The first kappa shape index (κ1) is 20.5. The van der Waals surface area contributed by atoms with E-state index < -0.39 is 0 Å². The summed E-state index contributed by atoms with van der Waals surface area (Å²) in [6.07, 6.45) is 8.58. The van der Waals surface area contributed by atoms with Gasteiger partial charge >= 0.3 is 0 Å². The summed E-state index contributed by atoms with van der Waals surface area (Å²) in [5.74, 6) is 3.21. The minimum absolute atomic E-state index is 0.511. The van der Waals surface area contributed by atoms with Crippen molar-refractivity contribution in [1.29, 1.82) is 0 Å². The summed E-state index contributed by atoms with van der Waals surface area (Å²) in [5, 5.41) is 6.77. The Morgan fingerprint density at radius 1 is 1.27 bits per heavy atom. The van der Waals surface area contributed by atoms with E-state index >= 15 is 0 Å². The zero-order chi connectivity index (χ0) is 18.6. The number of guanidine groups is 1. The number of methoxy groups -OCH3 is 1. The Morgan fingerprint density at radius 2 is 2.15 bits per heavy atom. The van der Waals surface area contributed by atoms with Crippen LogP contribution in [0.1, 0.15) is 44.6 Å². The molecule has 26 heavy (non-hydrogen) atoms. The van der Waals surface area contributed by atoms with Crippen LogP contribution in [0.5, 0.6) is 5.88 Å². The molecule has 0 radical (unpaired) electrons. The van der Waals surface area contributed by atoms with E-state index in [1.807, 2.05) is 25.4 Å². The van der Waals surface area contributed by atoms with E-state index in [2.05, 4.69) is 27.5 Å². The van der Waals surface area contributed by atoms with Gasteiger partial charge in [-0.1, -0.05) is 32.3 Å². The van der Waals surface area contributed by atoms with Crippen LogP contribution in [-0.4, -0.2) is 44.9 Å². The van der Waals surface area contributed by atoms with Gasteiger partial charge in [0.05, 0.1) is 6.61 Å². The summed E-state index contributed by atoms with van der Waals surface area (Å²) >= 11 is 0. The van der Waals surface area contributed by atoms with Gasteiger partial charge in [-0.25, -0.2) is 4.98 Å². The third-order valence-corrected chi connectivity index (χ3v) is 4.91. The second-order valence-corrected chi connectivity index (χ2v) is 7.12. The maximum atomic E-state index is 5.47. The molecule has 1 aromatic rings. The Bertz CT molecular complexity index is 533. The number of hydrogen-bond acceptors (Lipinski definition) is 4. The second-order valence-electron chi connectivity index (χ2n) is 7.12. The minimum Gasteiger partial charge on any atom is -0.475 e. The summed E-state index contributed by atoms with van der Waals surface area (Å²) in [6.45, 7) is 5.11. The number of nitrogens with one attached hydrogen (secondary N) is 2. The lowest BCUT2D eigenvalue weighted by molar-refractivity contribution is 0.143. The summed E-state index contributed by atoms with van der Waals surface area (Å²) in [7, 11) is 3.46. The van der Waals surface area contributed by atoms with Crippen molar-refractivity contribution in [2.24, 2.45) is 16.8 Å². The highest BCUT2D eigenvalue weighted by atomic mass is 16.5. The molecular formula is C20H34N4O2. The van der Waals surface area contributed by atoms with Crippen molar-refractivity contribution in [3.05, 3.63) is 23.9 Å². The Hall–Kier alpha value is -1.82. The summed E-state index contributed by atoms with van der Waals surface area (Å²) in [4.78, 5) is 8.61. The molecule has 0 bridgehead atoms. The average Bonchev–Trinajstić information content (AvgIpc) is 2.66. The predicted octanol–water partition coefficient (Wildman–Crippen LogP) is 2.99. The topological polar surface area (TPSA) is 67.8 Å². The molecule has 1 heterocycles. The molecule has 0 saturated heterocycles. The van der Waals surface area contributed by atoms with Crippen molar-refractivity contribution >= 4 is 5.96 Å². The van der Waals surface area contributed by atoms with Gasteiger partial charge in [0.25, 0.3) is 0 Å². The van der Waals surface area contributed by atoms with Gasteiger partial charge in [-0.05, 0) is 30.2 Å². The van der Waals surface area contributed by atoms with Gasteiger partial charge in [0.1, 0.15) is 6.61 Å². The number of aliphatic imine (C=N–C) groups is 1. The van der Waals surface area contributed by atoms with Crippen LogP contribution in [0.25, 0.3) is 0 Å². The second kappa shape index (κ2) is 11.7. The van der Waals surface area contributed by atoms with Crippen LogP contribution in [0.4, 0.5) is 0 Å². The van der Waals surface area contributed by atoms with Crippen molar-refractivity contribution in [3.8, 4) is 5.88 Å². The zero-order valence-electron chi connectivity index (χ0n) is 16.5. The molecule has 0 aromatic carbocycles. The number of pyridine rings is 1. The molecule has 1 aliphatic rings. The smallest absolute Gasteiger partial charge is 0.213 e. The third kappa shape index (κ3) is 7.60. The minimum atomic E-state index is 0.511. The van der Waals surface area contributed by atoms with E-state index in [9.17, 15) is 0 Å². The molecule has 2 rings (SSSR count). The van der Waals surface area contributed by atoms with Crippen LogP contribution < -0.4 is 15.4 Å². The predicted molar refractivity (Wildman–Crippen MR) is 106 cm³/mol. The summed E-state index contributed by atoms with van der Waals surface area (Å²) < 4.78 is 10.4. The molecule has 1 aromatic heterocycles. The largest absolute Gasteiger partial charge is 0.475 e. The van der Waals surface area contributed by atoms with Gasteiger partial charge < -0.3 is 20.1 Å². The van der Waals surface area contributed by atoms with E-state index in [1.54, 1.807) is 7.11 Å². The van der Waals surface area contributed by atoms with Crippen molar-refractivity contribution in [1.82, 2.24) is 15.6 Å². The first-order valence-corrected chi connectivity index (χ1v) is 9.72. The van der Waals surface area contributed by atoms with E-state index in [0.717, 1.165) is 29.9 Å². The molecule has 2 unspecified atom stereocenters. The zero-order valence-corrected chi connectivity index (χ0v) is 16.5. The molecule has 0 aliphatic heterocycles.